The first-order chi connectivity index (χ1) is 6.67. The van der Waals surface area contributed by atoms with Crippen LogP contribution in [0.25, 0.3) is 0 Å². The normalized spacial score (nSPS) is 13.4. The molecule has 0 radical (unpaired) electrons. The monoisotopic (exact) mass is 190 g/mol. The highest BCUT2D eigenvalue weighted by molar-refractivity contribution is 5.98. The summed E-state index contributed by atoms with van der Waals surface area (Å²) in [6, 6.07) is 0. The smallest absolute Gasteiger partial charge is 0.160 e. The Labute approximate surface area is 86.5 Å². The molecule has 0 N–H and O–H groups in total. The van der Waals surface area contributed by atoms with Gasteiger partial charge < -0.3 is 0 Å². The summed E-state index contributed by atoms with van der Waals surface area (Å²) in [5.41, 5.74) is 1.80. The SMILES string of the molecule is C=C\C=C(CC)/C(=C\C=C/C)C(C)=O. The molecule has 0 atom stereocenters. The zero-order chi connectivity index (χ0) is 11.0. The Hall–Kier alpha value is -1.37. The highest BCUT2D eigenvalue weighted by Gasteiger charge is 2.06. The van der Waals surface area contributed by atoms with Crippen molar-refractivity contribution < 1.29 is 4.79 Å². The summed E-state index contributed by atoms with van der Waals surface area (Å²) < 4.78 is 0. The second-order valence-electron chi connectivity index (χ2n) is 2.94. The molecule has 0 aromatic heterocycles. The average molecular weight is 190 g/mol. The number of carbonyl (C=O) groups excluding carboxylic acids is 1. The van der Waals surface area contributed by atoms with Gasteiger partial charge in [-0.05, 0) is 25.8 Å². The minimum absolute atomic E-state index is 0.0954. The van der Waals surface area contributed by atoms with Crippen LogP contribution in [-0.4, -0.2) is 5.78 Å². The molecule has 0 unspecified atom stereocenters. The van der Waals surface area contributed by atoms with E-state index < -0.39 is 0 Å². The van der Waals surface area contributed by atoms with Crippen LogP contribution in [0.15, 0.2) is 48.1 Å². The molecule has 1 nitrogen and oxygen atoms in total. The summed E-state index contributed by atoms with van der Waals surface area (Å²) >= 11 is 0. The lowest BCUT2D eigenvalue weighted by Crippen LogP contribution is -1.99. The molecule has 0 aliphatic heterocycles. The highest BCUT2D eigenvalue weighted by Crippen LogP contribution is 2.15. The summed E-state index contributed by atoms with van der Waals surface area (Å²) in [5, 5.41) is 0. The molecule has 76 valence electrons. The third-order valence-corrected chi connectivity index (χ3v) is 1.88. The number of hydrogen-bond donors (Lipinski definition) is 0. The van der Waals surface area contributed by atoms with E-state index in [0.717, 1.165) is 17.6 Å². The fourth-order valence-corrected chi connectivity index (χ4v) is 1.18. The highest BCUT2D eigenvalue weighted by atomic mass is 16.1. The van der Waals surface area contributed by atoms with Crippen LogP contribution in [0.5, 0.6) is 0 Å². The number of Topliss-reactive ketones (excluding diaryl/α,β-unsaturated/α-hetero) is 1. The summed E-state index contributed by atoms with van der Waals surface area (Å²) in [7, 11) is 0. The van der Waals surface area contributed by atoms with Crippen molar-refractivity contribution in [3.8, 4) is 0 Å². The maximum Gasteiger partial charge on any atom is 0.160 e. The Morgan fingerprint density at radius 3 is 2.36 bits per heavy atom. The Morgan fingerprint density at radius 1 is 1.36 bits per heavy atom. The second kappa shape index (κ2) is 7.07. The van der Waals surface area contributed by atoms with Crippen LogP contribution in [0, 0.1) is 0 Å². The minimum Gasteiger partial charge on any atom is -0.295 e. The maximum atomic E-state index is 11.3. The van der Waals surface area contributed by atoms with Crippen molar-refractivity contribution in [3.63, 3.8) is 0 Å². The zero-order valence-corrected chi connectivity index (χ0v) is 9.21. The van der Waals surface area contributed by atoms with E-state index in [2.05, 4.69) is 6.58 Å². The van der Waals surface area contributed by atoms with E-state index >= 15 is 0 Å². The summed E-state index contributed by atoms with van der Waals surface area (Å²) in [6.07, 6.45) is 10.1. The lowest BCUT2D eigenvalue weighted by Gasteiger charge is -2.05. The molecule has 0 saturated heterocycles. The van der Waals surface area contributed by atoms with E-state index in [1.165, 1.54) is 0 Å². The van der Waals surface area contributed by atoms with E-state index in [1.54, 1.807) is 13.0 Å². The van der Waals surface area contributed by atoms with Gasteiger partial charge in [0.05, 0.1) is 0 Å². The van der Waals surface area contributed by atoms with Gasteiger partial charge in [0.2, 0.25) is 0 Å². The second-order valence-corrected chi connectivity index (χ2v) is 2.94. The van der Waals surface area contributed by atoms with E-state index in [4.69, 9.17) is 0 Å². The fraction of sp³-hybridized carbons (Fsp3) is 0.308. The summed E-state index contributed by atoms with van der Waals surface area (Å²) in [6.45, 7) is 9.18. The van der Waals surface area contributed by atoms with Gasteiger partial charge in [-0.15, -0.1) is 0 Å². The predicted molar refractivity (Wildman–Crippen MR) is 62.1 cm³/mol. The Balaban J connectivity index is 5.08. The molecule has 0 bridgehead atoms. The third-order valence-electron chi connectivity index (χ3n) is 1.88. The van der Waals surface area contributed by atoms with Gasteiger partial charge in [-0.1, -0.05) is 43.9 Å². The summed E-state index contributed by atoms with van der Waals surface area (Å²) in [5.74, 6) is 0.0954. The van der Waals surface area contributed by atoms with E-state index in [9.17, 15) is 4.79 Å². The number of rotatable bonds is 5. The molecule has 0 saturated carbocycles. The van der Waals surface area contributed by atoms with Crippen LogP contribution in [0.1, 0.15) is 27.2 Å². The Bertz CT molecular complexity index is 290. The van der Waals surface area contributed by atoms with Crippen LogP contribution >= 0.6 is 0 Å². The third kappa shape index (κ3) is 4.04. The molecule has 0 aliphatic rings. The standard InChI is InChI=1S/C13H18O/c1-5-8-10-13(11(4)14)12(7-3)9-6-2/h5-6,8-10H,2,7H2,1,3-4H3/b8-5-,12-9-,13-10-. The van der Waals surface area contributed by atoms with Gasteiger partial charge in [-0.2, -0.15) is 0 Å². The van der Waals surface area contributed by atoms with Gasteiger partial charge in [0.15, 0.2) is 5.78 Å². The molecule has 0 aromatic rings. The number of carbonyl (C=O) groups is 1. The number of hydrogen-bond acceptors (Lipinski definition) is 1. The maximum absolute atomic E-state index is 11.3. The number of ketones is 1. The molecule has 0 rings (SSSR count). The van der Waals surface area contributed by atoms with Crippen LogP contribution in [0.2, 0.25) is 0 Å². The molecule has 0 spiro atoms. The topological polar surface area (TPSA) is 17.1 Å². The van der Waals surface area contributed by atoms with Crippen molar-refractivity contribution in [1.82, 2.24) is 0 Å². The van der Waals surface area contributed by atoms with Crippen molar-refractivity contribution in [2.24, 2.45) is 0 Å². The van der Waals surface area contributed by atoms with E-state index in [-0.39, 0.29) is 5.78 Å². The Morgan fingerprint density at radius 2 is 2.00 bits per heavy atom. The number of allylic oxidation sites excluding steroid dienone is 7. The van der Waals surface area contributed by atoms with Crippen LogP contribution < -0.4 is 0 Å². The zero-order valence-electron chi connectivity index (χ0n) is 9.21. The van der Waals surface area contributed by atoms with Crippen molar-refractivity contribution in [2.45, 2.75) is 27.2 Å². The molecular formula is C13H18O. The van der Waals surface area contributed by atoms with E-state index in [1.807, 2.05) is 38.2 Å². The van der Waals surface area contributed by atoms with Gasteiger partial charge >= 0.3 is 0 Å². The summed E-state index contributed by atoms with van der Waals surface area (Å²) in [4.78, 5) is 11.3. The van der Waals surface area contributed by atoms with Crippen LogP contribution in [0.4, 0.5) is 0 Å². The van der Waals surface area contributed by atoms with E-state index in [0.29, 0.717) is 0 Å². The fourth-order valence-electron chi connectivity index (χ4n) is 1.18. The molecule has 1 heteroatoms. The molecule has 14 heavy (non-hydrogen) atoms. The van der Waals surface area contributed by atoms with Crippen LogP contribution in [0.3, 0.4) is 0 Å². The molecular weight excluding hydrogens is 172 g/mol. The molecule has 0 aliphatic carbocycles. The van der Waals surface area contributed by atoms with Crippen molar-refractivity contribution >= 4 is 5.78 Å². The van der Waals surface area contributed by atoms with Crippen LogP contribution in [-0.2, 0) is 4.79 Å². The van der Waals surface area contributed by atoms with Crippen molar-refractivity contribution in [2.75, 3.05) is 0 Å². The predicted octanol–water partition coefficient (Wildman–Crippen LogP) is 3.60. The van der Waals surface area contributed by atoms with Gasteiger partial charge in [0.25, 0.3) is 0 Å². The lowest BCUT2D eigenvalue weighted by atomic mass is 9.99. The van der Waals surface area contributed by atoms with Gasteiger partial charge in [0, 0.05) is 5.57 Å². The van der Waals surface area contributed by atoms with Gasteiger partial charge in [-0.3, -0.25) is 4.79 Å². The molecule has 0 aromatic carbocycles. The molecule has 0 heterocycles. The Kier molecular flexibility index (Phi) is 6.38. The van der Waals surface area contributed by atoms with Gasteiger partial charge in [-0.25, -0.2) is 0 Å². The molecule has 0 amide bonds. The van der Waals surface area contributed by atoms with Gasteiger partial charge in [0.1, 0.15) is 0 Å². The minimum atomic E-state index is 0.0954. The largest absolute Gasteiger partial charge is 0.295 e. The lowest BCUT2D eigenvalue weighted by molar-refractivity contribution is -0.113. The average Bonchev–Trinajstić information content (AvgIpc) is 2.16. The quantitative estimate of drug-likeness (QED) is 0.478. The first-order valence-corrected chi connectivity index (χ1v) is 4.83. The van der Waals surface area contributed by atoms with Crippen molar-refractivity contribution in [1.29, 1.82) is 0 Å². The first kappa shape index (κ1) is 12.6. The first-order valence-electron chi connectivity index (χ1n) is 4.83. The van der Waals surface area contributed by atoms with Crippen molar-refractivity contribution in [3.05, 3.63) is 48.1 Å². The molecule has 0 fully saturated rings.